The molecular formula is C15H20FN3OS. The number of nitrogens with one attached hydrogen (secondary N) is 1. The standard InChI is InChI=1S/C15H20FN3OS/c1-19-7-5-15(6-8-19,14(17)21)18-13(20)10-11-3-2-4-12(16)9-11/h2-4,9H,5-8,10H2,1H3,(H2,17,21)(H,18,20). The second-order valence-electron chi connectivity index (χ2n) is 5.60. The van der Waals surface area contributed by atoms with Gasteiger partial charge in [0, 0.05) is 13.1 Å². The average Bonchev–Trinajstić information content (AvgIpc) is 2.41. The van der Waals surface area contributed by atoms with E-state index in [4.69, 9.17) is 18.0 Å². The number of carbonyl (C=O) groups excluding carboxylic acids is 1. The Morgan fingerprint density at radius 1 is 1.48 bits per heavy atom. The van der Waals surface area contributed by atoms with Gasteiger partial charge >= 0.3 is 0 Å². The number of piperidine rings is 1. The van der Waals surface area contributed by atoms with Gasteiger partial charge in [0.2, 0.25) is 5.91 Å². The van der Waals surface area contributed by atoms with Crippen LogP contribution in [0.3, 0.4) is 0 Å². The quantitative estimate of drug-likeness (QED) is 0.822. The minimum Gasteiger partial charge on any atom is -0.391 e. The first kappa shape index (κ1) is 15.9. The second kappa shape index (κ2) is 6.49. The number of hydrogen-bond acceptors (Lipinski definition) is 3. The molecule has 3 N–H and O–H groups in total. The van der Waals surface area contributed by atoms with Crippen LogP contribution in [0.2, 0.25) is 0 Å². The number of hydrogen-bond donors (Lipinski definition) is 2. The maximum absolute atomic E-state index is 13.1. The van der Waals surface area contributed by atoms with Gasteiger partial charge in [-0.2, -0.15) is 0 Å². The molecule has 0 spiro atoms. The van der Waals surface area contributed by atoms with Crippen molar-refractivity contribution in [2.45, 2.75) is 24.8 Å². The summed E-state index contributed by atoms with van der Waals surface area (Å²) in [6.45, 7) is 1.66. The lowest BCUT2D eigenvalue weighted by Gasteiger charge is -2.40. The molecule has 0 radical (unpaired) electrons. The minimum absolute atomic E-state index is 0.123. The predicted molar refractivity (Wildman–Crippen MR) is 84.5 cm³/mol. The van der Waals surface area contributed by atoms with E-state index < -0.39 is 5.54 Å². The molecule has 1 fully saturated rings. The van der Waals surface area contributed by atoms with Crippen molar-refractivity contribution in [3.63, 3.8) is 0 Å². The fourth-order valence-electron chi connectivity index (χ4n) is 2.58. The van der Waals surface area contributed by atoms with E-state index >= 15 is 0 Å². The van der Waals surface area contributed by atoms with Crippen LogP contribution in [-0.4, -0.2) is 41.5 Å². The molecule has 0 aliphatic carbocycles. The third-order valence-corrected chi connectivity index (χ3v) is 4.34. The number of nitrogens with zero attached hydrogens (tertiary/aromatic N) is 1. The summed E-state index contributed by atoms with van der Waals surface area (Å²) in [5, 5.41) is 2.97. The number of nitrogens with two attached hydrogens (primary N) is 1. The van der Waals surface area contributed by atoms with Crippen LogP contribution < -0.4 is 11.1 Å². The maximum atomic E-state index is 13.1. The number of amides is 1. The summed E-state index contributed by atoms with van der Waals surface area (Å²) < 4.78 is 13.1. The van der Waals surface area contributed by atoms with Gasteiger partial charge in [-0.15, -0.1) is 0 Å². The summed E-state index contributed by atoms with van der Waals surface area (Å²) in [5.74, 6) is -0.526. The summed E-state index contributed by atoms with van der Waals surface area (Å²) >= 11 is 5.15. The Kier molecular flexibility index (Phi) is 4.90. The molecule has 6 heteroatoms. The zero-order valence-corrected chi connectivity index (χ0v) is 12.9. The highest BCUT2D eigenvalue weighted by Gasteiger charge is 2.37. The van der Waals surface area contributed by atoms with Crippen LogP contribution in [0.1, 0.15) is 18.4 Å². The van der Waals surface area contributed by atoms with E-state index in [1.54, 1.807) is 12.1 Å². The smallest absolute Gasteiger partial charge is 0.225 e. The van der Waals surface area contributed by atoms with E-state index in [2.05, 4.69) is 10.2 Å². The van der Waals surface area contributed by atoms with Crippen molar-refractivity contribution in [2.75, 3.05) is 20.1 Å². The monoisotopic (exact) mass is 309 g/mol. The zero-order chi connectivity index (χ0) is 15.5. The molecule has 1 aromatic carbocycles. The minimum atomic E-state index is -0.619. The normalized spacial score (nSPS) is 18.2. The van der Waals surface area contributed by atoms with Crippen LogP contribution in [0.15, 0.2) is 24.3 Å². The molecule has 1 aliphatic heterocycles. The molecule has 114 valence electrons. The summed E-state index contributed by atoms with van der Waals surface area (Å²) in [4.78, 5) is 14.7. The van der Waals surface area contributed by atoms with E-state index in [1.807, 2.05) is 7.05 Å². The molecule has 1 saturated heterocycles. The summed E-state index contributed by atoms with van der Waals surface area (Å²) in [7, 11) is 2.03. The van der Waals surface area contributed by atoms with Crippen molar-refractivity contribution < 1.29 is 9.18 Å². The molecule has 0 bridgehead atoms. The summed E-state index contributed by atoms with van der Waals surface area (Å²) in [6, 6.07) is 6.04. The van der Waals surface area contributed by atoms with Crippen LogP contribution in [0.5, 0.6) is 0 Å². The number of rotatable bonds is 4. The number of likely N-dealkylation sites (tertiary alicyclic amines) is 1. The number of halogens is 1. The molecule has 1 aliphatic rings. The Bertz CT molecular complexity index is 541. The van der Waals surface area contributed by atoms with Crippen LogP contribution in [0.4, 0.5) is 4.39 Å². The Hall–Kier alpha value is -1.53. The van der Waals surface area contributed by atoms with Crippen LogP contribution in [-0.2, 0) is 11.2 Å². The van der Waals surface area contributed by atoms with Gasteiger partial charge in [-0.05, 0) is 37.6 Å². The van der Waals surface area contributed by atoms with Gasteiger partial charge in [0.15, 0.2) is 0 Å². The summed E-state index contributed by atoms with van der Waals surface area (Å²) in [5.41, 5.74) is 5.87. The molecule has 1 aromatic rings. The molecule has 4 nitrogen and oxygen atoms in total. The van der Waals surface area contributed by atoms with E-state index in [9.17, 15) is 9.18 Å². The first-order valence-corrected chi connectivity index (χ1v) is 7.36. The third kappa shape index (κ3) is 3.98. The second-order valence-corrected chi connectivity index (χ2v) is 6.04. The van der Waals surface area contributed by atoms with E-state index in [-0.39, 0.29) is 18.1 Å². The lowest BCUT2D eigenvalue weighted by Crippen LogP contribution is -2.61. The third-order valence-electron chi connectivity index (χ3n) is 3.94. The van der Waals surface area contributed by atoms with Crippen molar-refractivity contribution in [2.24, 2.45) is 5.73 Å². The topological polar surface area (TPSA) is 58.4 Å². The Balaban J connectivity index is 2.04. The fourth-order valence-corrected chi connectivity index (χ4v) is 2.83. The van der Waals surface area contributed by atoms with E-state index in [0.29, 0.717) is 23.4 Å². The first-order chi connectivity index (χ1) is 9.91. The average molecular weight is 309 g/mol. The molecule has 2 rings (SSSR count). The van der Waals surface area contributed by atoms with Gasteiger partial charge in [0.05, 0.1) is 16.9 Å². The van der Waals surface area contributed by atoms with Crippen LogP contribution >= 0.6 is 12.2 Å². The lowest BCUT2D eigenvalue weighted by molar-refractivity contribution is -0.122. The van der Waals surface area contributed by atoms with E-state index in [1.165, 1.54) is 12.1 Å². The number of thiocarbonyl (C=S) groups is 1. The highest BCUT2D eigenvalue weighted by atomic mass is 32.1. The van der Waals surface area contributed by atoms with Gasteiger partial charge < -0.3 is 16.0 Å². The zero-order valence-electron chi connectivity index (χ0n) is 12.1. The van der Waals surface area contributed by atoms with Crippen molar-refractivity contribution in [3.8, 4) is 0 Å². The molecular weight excluding hydrogens is 289 g/mol. The number of benzene rings is 1. The molecule has 0 aromatic heterocycles. The highest BCUT2D eigenvalue weighted by Crippen LogP contribution is 2.22. The molecule has 21 heavy (non-hydrogen) atoms. The largest absolute Gasteiger partial charge is 0.391 e. The van der Waals surface area contributed by atoms with Crippen molar-refractivity contribution >= 4 is 23.1 Å². The summed E-state index contributed by atoms with van der Waals surface area (Å²) in [6.07, 6.45) is 1.53. The Morgan fingerprint density at radius 2 is 2.14 bits per heavy atom. The first-order valence-electron chi connectivity index (χ1n) is 6.95. The molecule has 0 atom stereocenters. The van der Waals surface area contributed by atoms with Gasteiger partial charge in [0.25, 0.3) is 0 Å². The van der Waals surface area contributed by atoms with Crippen molar-refractivity contribution in [1.82, 2.24) is 10.2 Å². The maximum Gasteiger partial charge on any atom is 0.225 e. The Labute approximate surface area is 129 Å². The van der Waals surface area contributed by atoms with Gasteiger partial charge in [0.1, 0.15) is 5.82 Å². The Morgan fingerprint density at radius 3 is 2.71 bits per heavy atom. The molecule has 0 unspecified atom stereocenters. The van der Waals surface area contributed by atoms with Crippen LogP contribution in [0, 0.1) is 5.82 Å². The SMILES string of the molecule is CN1CCC(NC(=O)Cc2cccc(F)c2)(C(N)=S)CC1. The number of carbonyl (C=O) groups is 1. The molecule has 0 saturated carbocycles. The molecule has 1 heterocycles. The van der Waals surface area contributed by atoms with Gasteiger partial charge in [-0.3, -0.25) is 4.79 Å². The van der Waals surface area contributed by atoms with Gasteiger partial charge in [-0.1, -0.05) is 24.4 Å². The van der Waals surface area contributed by atoms with Gasteiger partial charge in [-0.25, -0.2) is 4.39 Å². The predicted octanol–water partition coefficient (Wildman–Crippen LogP) is 1.23. The van der Waals surface area contributed by atoms with Crippen LogP contribution in [0.25, 0.3) is 0 Å². The van der Waals surface area contributed by atoms with Crippen molar-refractivity contribution in [3.05, 3.63) is 35.6 Å². The fraction of sp³-hybridized carbons (Fsp3) is 0.467. The van der Waals surface area contributed by atoms with E-state index in [0.717, 1.165) is 13.1 Å². The highest BCUT2D eigenvalue weighted by molar-refractivity contribution is 7.80. The molecule has 1 amide bonds. The lowest BCUT2D eigenvalue weighted by atomic mass is 9.87. The van der Waals surface area contributed by atoms with Crippen molar-refractivity contribution in [1.29, 1.82) is 0 Å².